The molecule has 0 bridgehead atoms. The zero-order valence-electron chi connectivity index (χ0n) is 14.7. The van der Waals surface area contributed by atoms with Crippen LogP contribution in [0.2, 0.25) is 0 Å². The Morgan fingerprint density at radius 3 is 2.59 bits per heavy atom. The third-order valence-corrected chi connectivity index (χ3v) is 4.04. The molecule has 0 aliphatic carbocycles. The van der Waals surface area contributed by atoms with E-state index in [1.54, 1.807) is 12.5 Å². The third-order valence-electron chi connectivity index (χ3n) is 4.04. The van der Waals surface area contributed by atoms with Gasteiger partial charge >= 0.3 is 0 Å². The zero-order chi connectivity index (χ0) is 18.3. The van der Waals surface area contributed by atoms with Crippen molar-refractivity contribution in [2.45, 2.75) is 12.8 Å². The number of nitrogens with zero attached hydrogens (tertiary/aromatic N) is 1. The van der Waals surface area contributed by atoms with Crippen LogP contribution in [0.4, 0.5) is 0 Å². The molecule has 1 aliphatic heterocycles. The van der Waals surface area contributed by atoms with Crippen LogP contribution in [0.15, 0.2) is 91.0 Å². The molecule has 5 heteroatoms. The van der Waals surface area contributed by atoms with Gasteiger partial charge in [0, 0.05) is 11.8 Å². The standard InChI is InChI=1S/C22H20N2O3/c1-2-9-20(10-3-1)27-21-11-6-7-17(13-21)22-24-19(16-26-22)15-25-14-18-8-4-5-12-23-18/h1-13,16,22,24H,14-15H2. The lowest BCUT2D eigenvalue weighted by molar-refractivity contribution is 0.131. The molecule has 0 spiro atoms. The summed E-state index contributed by atoms with van der Waals surface area (Å²) in [6.45, 7) is 0.901. The van der Waals surface area contributed by atoms with Crippen molar-refractivity contribution in [3.63, 3.8) is 0 Å². The van der Waals surface area contributed by atoms with Crippen molar-refractivity contribution in [1.82, 2.24) is 10.3 Å². The van der Waals surface area contributed by atoms with Gasteiger partial charge in [0.15, 0.2) is 6.23 Å². The van der Waals surface area contributed by atoms with E-state index in [4.69, 9.17) is 14.2 Å². The molecule has 0 amide bonds. The molecule has 1 N–H and O–H groups in total. The van der Waals surface area contributed by atoms with Crippen LogP contribution in [0.1, 0.15) is 17.5 Å². The molecule has 0 saturated heterocycles. The van der Waals surface area contributed by atoms with Crippen LogP contribution < -0.4 is 10.1 Å². The number of aromatic nitrogens is 1. The largest absolute Gasteiger partial charge is 0.472 e. The molecule has 3 aromatic rings. The second-order valence-corrected chi connectivity index (χ2v) is 6.11. The molecule has 5 nitrogen and oxygen atoms in total. The Balaban J connectivity index is 1.31. The summed E-state index contributed by atoms with van der Waals surface area (Å²) in [6, 6.07) is 23.3. The van der Waals surface area contributed by atoms with Crippen molar-refractivity contribution < 1.29 is 14.2 Å². The van der Waals surface area contributed by atoms with E-state index in [-0.39, 0.29) is 6.23 Å². The molecular formula is C22H20N2O3. The molecule has 1 aromatic heterocycles. The normalized spacial score (nSPS) is 15.6. The Morgan fingerprint density at radius 2 is 1.74 bits per heavy atom. The molecule has 136 valence electrons. The van der Waals surface area contributed by atoms with E-state index in [2.05, 4.69) is 10.3 Å². The number of ether oxygens (including phenoxy) is 3. The van der Waals surface area contributed by atoms with E-state index >= 15 is 0 Å². The van der Waals surface area contributed by atoms with Gasteiger partial charge in [-0.15, -0.1) is 0 Å². The molecule has 0 fully saturated rings. The van der Waals surface area contributed by atoms with E-state index in [1.807, 2.05) is 72.8 Å². The second kappa shape index (κ2) is 8.38. The number of hydrogen-bond donors (Lipinski definition) is 1. The first-order valence-electron chi connectivity index (χ1n) is 8.78. The molecule has 2 heterocycles. The summed E-state index contributed by atoms with van der Waals surface area (Å²) < 4.78 is 17.3. The molecule has 0 saturated carbocycles. The summed E-state index contributed by atoms with van der Waals surface area (Å²) in [7, 11) is 0. The van der Waals surface area contributed by atoms with Gasteiger partial charge in [0.25, 0.3) is 0 Å². The Bertz CT molecular complexity index is 898. The smallest absolute Gasteiger partial charge is 0.195 e. The van der Waals surface area contributed by atoms with Crippen LogP contribution in [0.3, 0.4) is 0 Å². The van der Waals surface area contributed by atoms with Crippen molar-refractivity contribution in [2.75, 3.05) is 6.61 Å². The highest BCUT2D eigenvalue weighted by molar-refractivity contribution is 5.35. The summed E-state index contributed by atoms with van der Waals surface area (Å²) in [5, 5.41) is 3.32. The van der Waals surface area contributed by atoms with Gasteiger partial charge < -0.3 is 19.5 Å². The summed E-state index contributed by atoms with van der Waals surface area (Å²) in [5.74, 6) is 1.57. The van der Waals surface area contributed by atoms with Gasteiger partial charge in [-0.1, -0.05) is 36.4 Å². The topological polar surface area (TPSA) is 52.6 Å². The maximum atomic E-state index is 5.89. The summed E-state index contributed by atoms with van der Waals surface area (Å²) in [6.07, 6.45) is 3.21. The lowest BCUT2D eigenvalue weighted by atomic mass is 10.2. The first-order chi connectivity index (χ1) is 13.4. The highest BCUT2D eigenvalue weighted by atomic mass is 16.5. The van der Waals surface area contributed by atoms with Crippen LogP contribution in [0.5, 0.6) is 11.5 Å². The van der Waals surface area contributed by atoms with Crippen molar-refractivity contribution in [3.05, 3.63) is 102 Å². The fourth-order valence-corrected chi connectivity index (χ4v) is 2.74. The molecule has 1 atom stereocenters. The van der Waals surface area contributed by atoms with Gasteiger partial charge in [0.2, 0.25) is 0 Å². The molecular weight excluding hydrogens is 340 g/mol. The van der Waals surface area contributed by atoms with E-state index in [0.29, 0.717) is 13.2 Å². The number of hydrogen-bond acceptors (Lipinski definition) is 5. The van der Waals surface area contributed by atoms with Gasteiger partial charge in [-0.25, -0.2) is 0 Å². The SMILES string of the molecule is C1=C(COCc2ccccn2)NC(c2cccc(Oc3ccccc3)c2)O1. The van der Waals surface area contributed by atoms with Crippen LogP contribution in [0, 0.1) is 0 Å². The number of rotatable bonds is 7. The Morgan fingerprint density at radius 1 is 0.889 bits per heavy atom. The van der Waals surface area contributed by atoms with Gasteiger partial charge in [0.05, 0.1) is 24.6 Å². The number of nitrogens with one attached hydrogen (secondary N) is 1. The Labute approximate surface area is 158 Å². The highest BCUT2D eigenvalue weighted by Gasteiger charge is 2.19. The Hall–Kier alpha value is -3.31. The summed E-state index contributed by atoms with van der Waals surface area (Å²) in [5.41, 5.74) is 2.78. The minimum atomic E-state index is -0.252. The van der Waals surface area contributed by atoms with Gasteiger partial charge in [-0.05, 0) is 36.4 Å². The fourth-order valence-electron chi connectivity index (χ4n) is 2.74. The van der Waals surface area contributed by atoms with Crippen molar-refractivity contribution >= 4 is 0 Å². The number of para-hydroxylation sites is 1. The summed E-state index contributed by atoms with van der Waals surface area (Å²) in [4.78, 5) is 4.24. The average molecular weight is 360 g/mol. The first-order valence-corrected chi connectivity index (χ1v) is 8.78. The number of benzene rings is 2. The molecule has 2 aromatic carbocycles. The van der Waals surface area contributed by atoms with Crippen LogP contribution in [-0.4, -0.2) is 11.6 Å². The minimum Gasteiger partial charge on any atom is -0.472 e. The molecule has 1 unspecified atom stereocenters. The van der Waals surface area contributed by atoms with Gasteiger partial charge in [-0.2, -0.15) is 0 Å². The second-order valence-electron chi connectivity index (χ2n) is 6.11. The van der Waals surface area contributed by atoms with Crippen molar-refractivity contribution in [3.8, 4) is 11.5 Å². The van der Waals surface area contributed by atoms with Crippen LogP contribution in [0.25, 0.3) is 0 Å². The lowest BCUT2D eigenvalue weighted by Gasteiger charge is -2.14. The monoisotopic (exact) mass is 360 g/mol. The molecule has 4 rings (SSSR count). The molecule has 27 heavy (non-hydrogen) atoms. The third kappa shape index (κ3) is 4.65. The quantitative estimate of drug-likeness (QED) is 0.670. The zero-order valence-corrected chi connectivity index (χ0v) is 14.7. The van der Waals surface area contributed by atoms with E-state index in [9.17, 15) is 0 Å². The van der Waals surface area contributed by atoms with Crippen molar-refractivity contribution in [1.29, 1.82) is 0 Å². The van der Waals surface area contributed by atoms with E-state index in [0.717, 1.165) is 28.5 Å². The van der Waals surface area contributed by atoms with Crippen LogP contribution >= 0.6 is 0 Å². The lowest BCUT2D eigenvalue weighted by Crippen LogP contribution is -2.18. The predicted molar refractivity (Wildman–Crippen MR) is 102 cm³/mol. The predicted octanol–water partition coefficient (Wildman–Crippen LogP) is 4.55. The van der Waals surface area contributed by atoms with E-state index in [1.165, 1.54) is 0 Å². The minimum absolute atomic E-state index is 0.252. The number of pyridine rings is 1. The van der Waals surface area contributed by atoms with E-state index < -0.39 is 0 Å². The Kier molecular flexibility index (Phi) is 5.31. The molecule has 1 aliphatic rings. The maximum Gasteiger partial charge on any atom is 0.195 e. The summed E-state index contributed by atoms with van der Waals surface area (Å²) >= 11 is 0. The molecule has 0 radical (unpaired) electrons. The van der Waals surface area contributed by atoms with Crippen molar-refractivity contribution in [2.24, 2.45) is 0 Å². The van der Waals surface area contributed by atoms with Crippen LogP contribution in [-0.2, 0) is 16.1 Å². The average Bonchev–Trinajstić information content (AvgIpc) is 3.19. The first kappa shape index (κ1) is 17.1. The van der Waals surface area contributed by atoms with Gasteiger partial charge in [0.1, 0.15) is 17.8 Å². The maximum absolute atomic E-state index is 5.89. The fraction of sp³-hybridized carbons (Fsp3) is 0.136. The van der Waals surface area contributed by atoms with Gasteiger partial charge in [-0.3, -0.25) is 4.98 Å². The highest BCUT2D eigenvalue weighted by Crippen LogP contribution is 2.27.